The molecule has 0 amide bonds. The van der Waals surface area contributed by atoms with Crippen molar-refractivity contribution >= 4 is 11.7 Å². The van der Waals surface area contributed by atoms with Crippen molar-refractivity contribution in [3.8, 4) is 56.4 Å². The van der Waals surface area contributed by atoms with Crippen molar-refractivity contribution < 1.29 is 0 Å². The average molecular weight is 751 g/mol. The molecule has 6 nitrogen and oxygen atoms in total. The highest BCUT2D eigenvalue weighted by molar-refractivity contribution is 6.15. The van der Waals surface area contributed by atoms with Gasteiger partial charge in [-0.3, -0.25) is 0 Å². The van der Waals surface area contributed by atoms with Gasteiger partial charge in [0.25, 0.3) is 0 Å². The first-order valence-electron chi connectivity index (χ1n) is 19.6. The molecule has 6 heteroatoms. The molecule has 280 valence electrons. The van der Waals surface area contributed by atoms with Crippen LogP contribution in [0.3, 0.4) is 0 Å². The summed E-state index contributed by atoms with van der Waals surface area (Å²) in [7, 11) is 0. The maximum absolute atomic E-state index is 5.21. The van der Waals surface area contributed by atoms with E-state index in [1.54, 1.807) is 0 Å². The lowest BCUT2D eigenvalue weighted by atomic mass is 9.85. The number of nitrogens with zero attached hydrogens (tertiary/aromatic N) is 5. The molecule has 0 aliphatic carbocycles. The number of hydrogen-bond acceptors (Lipinski definition) is 6. The Bertz CT molecular complexity index is 2640. The summed E-state index contributed by atoms with van der Waals surface area (Å²) >= 11 is 0. The molecular weight excluding hydrogens is 709 g/mol. The molecule has 0 unspecified atom stereocenters. The topological polar surface area (TPSA) is 75.4 Å². The molecule has 1 aromatic heterocycles. The van der Waals surface area contributed by atoms with Crippen molar-refractivity contribution in [3.63, 3.8) is 0 Å². The summed E-state index contributed by atoms with van der Waals surface area (Å²) in [5.41, 5.74) is 11.3. The van der Waals surface area contributed by atoms with E-state index >= 15 is 0 Å². The number of hydrogen-bond donors (Lipinski definition) is 1. The van der Waals surface area contributed by atoms with Gasteiger partial charge in [0.05, 0.1) is 0 Å². The van der Waals surface area contributed by atoms with E-state index in [1.807, 2.05) is 103 Å². The lowest BCUT2D eigenvalue weighted by molar-refractivity contribution is 0.590. The van der Waals surface area contributed by atoms with Gasteiger partial charge in [-0.15, -0.1) is 0 Å². The van der Waals surface area contributed by atoms with Crippen LogP contribution >= 0.6 is 0 Å². The van der Waals surface area contributed by atoms with Crippen LogP contribution in [-0.4, -0.2) is 26.6 Å². The highest BCUT2D eigenvalue weighted by Gasteiger charge is 2.24. The fourth-order valence-electron chi connectivity index (χ4n) is 7.27. The van der Waals surface area contributed by atoms with E-state index in [-0.39, 0.29) is 5.41 Å². The maximum atomic E-state index is 5.21. The van der Waals surface area contributed by atoms with E-state index in [9.17, 15) is 0 Å². The van der Waals surface area contributed by atoms with Gasteiger partial charge in [0.2, 0.25) is 0 Å². The van der Waals surface area contributed by atoms with E-state index in [4.69, 9.17) is 24.9 Å². The smallest absolute Gasteiger partial charge is 0.169 e. The molecule has 0 radical (unpaired) electrons. The second kappa shape index (κ2) is 15.7. The van der Waals surface area contributed by atoms with Crippen molar-refractivity contribution in [3.05, 3.63) is 210 Å². The summed E-state index contributed by atoms with van der Waals surface area (Å²) in [6.07, 6.45) is -0.478. The third kappa shape index (κ3) is 7.60. The quantitative estimate of drug-likeness (QED) is 0.168. The minimum Gasteiger partial charge on any atom is -0.324 e. The second-order valence-corrected chi connectivity index (χ2v) is 15.4. The fourth-order valence-corrected chi connectivity index (χ4v) is 7.27. The number of benzene rings is 7. The minimum absolute atomic E-state index is 0.0155. The third-order valence-electron chi connectivity index (χ3n) is 10.4. The van der Waals surface area contributed by atoms with Crippen LogP contribution in [0.15, 0.2) is 198 Å². The molecule has 58 heavy (non-hydrogen) atoms. The van der Waals surface area contributed by atoms with E-state index in [0.29, 0.717) is 17.5 Å². The molecule has 0 bridgehead atoms. The van der Waals surface area contributed by atoms with Gasteiger partial charge in [-0.1, -0.05) is 203 Å². The van der Waals surface area contributed by atoms with Gasteiger partial charge in [-0.05, 0) is 44.9 Å². The number of amidine groups is 2. The van der Waals surface area contributed by atoms with Crippen molar-refractivity contribution in [1.29, 1.82) is 0 Å². The van der Waals surface area contributed by atoms with Crippen LogP contribution in [0.25, 0.3) is 56.4 Å². The third-order valence-corrected chi connectivity index (χ3v) is 10.4. The van der Waals surface area contributed by atoms with Crippen LogP contribution in [0.5, 0.6) is 0 Å². The van der Waals surface area contributed by atoms with Crippen LogP contribution in [0.4, 0.5) is 0 Å². The summed E-state index contributed by atoms with van der Waals surface area (Å²) in [5, 5.41) is 3.53. The first kappa shape index (κ1) is 36.3. The predicted octanol–water partition coefficient (Wildman–Crippen LogP) is 12.0. The van der Waals surface area contributed by atoms with Gasteiger partial charge in [0.1, 0.15) is 11.7 Å². The second-order valence-electron chi connectivity index (χ2n) is 15.4. The van der Waals surface area contributed by atoms with Crippen LogP contribution in [0, 0.1) is 0 Å². The van der Waals surface area contributed by atoms with Gasteiger partial charge in [0, 0.05) is 27.8 Å². The largest absolute Gasteiger partial charge is 0.324 e. The molecule has 1 aliphatic rings. The molecule has 0 fully saturated rings. The standard InChI is InChI=1S/C52H42N6/c1-52(2,3)41-31-28-35(29-32-41)45-34-40(50-55-46(36-18-8-4-9-19-36)53-47(56-50)37-20-10-5-11-21-37)30-33-43(45)42-26-16-17-27-44(42)51-57-48(38-22-12-6-13-23-38)54-49(58-51)39-24-14-7-15-25-39/h4-34,50H,1-3H3,(H,53,55,56). The zero-order valence-electron chi connectivity index (χ0n) is 32.7. The SMILES string of the molecule is CC(C)(C)c1ccc(-c2cc(C3N=C(c4ccccc4)NC(c4ccccc4)=N3)ccc2-c2ccccc2-c2nc(-c3ccccc3)nc(-c3ccccc3)n2)cc1. The van der Waals surface area contributed by atoms with E-state index in [1.165, 1.54) is 5.56 Å². The lowest BCUT2D eigenvalue weighted by Crippen LogP contribution is -2.36. The molecule has 9 rings (SSSR count). The maximum Gasteiger partial charge on any atom is 0.169 e. The number of aromatic nitrogens is 3. The Balaban J connectivity index is 1.23. The predicted molar refractivity (Wildman–Crippen MR) is 238 cm³/mol. The highest BCUT2D eigenvalue weighted by Crippen LogP contribution is 2.41. The summed E-state index contributed by atoms with van der Waals surface area (Å²) in [6.45, 7) is 6.73. The average Bonchev–Trinajstić information content (AvgIpc) is 3.29. The van der Waals surface area contributed by atoms with Gasteiger partial charge in [0.15, 0.2) is 23.6 Å². The Kier molecular flexibility index (Phi) is 9.82. The molecular formula is C52H42N6. The van der Waals surface area contributed by atoms with E-state index in [2.05, 4.69) is 111 Å². The highest BCUT2D eigenvalue weighted by atomic mass is 15.2. The summed E-state index contributed by atoms with van der Waals surface area (Å²) in [5.74, 6) is 3.41. The zero-order chi connectivity index (χ0) is 39.5. The van der Waals surface area contributed by atoms with Crippen molar-refractivity contribution in [2.75, 3.05) is 0 Å². The summed E-state index contributed by atoms with van der Waals surface area (Å²) in [6, 6.07) is 64.6. The van der Waals surface area contributed by atoms with Gasteiger partial charge < -0.3 is 5.32 Å². The molecule has 2 heterocycles. The Morgan fingerprint density at radius 3 is 1.31 bits per heavy atom. The van der Waals surface area contributed by atoms with Crippen LogP contribution in [0.2, 0.25) is 0 Å². The normalized spacial score (nSPS) is 13.0. The zero-order valence-corrected chi connectivity index (χ0v) is 32.7. The van der Waals surface area contributed by atoms with Crippen molar-refractivity contribution in [2.45, 2.75) is 32.4 Å². The van der Waals surface area contributed by atoms with E-state index in [0.717, 1.165) is 67.3 Å². The van der Waals surface area contributed by atoms with E-state index < -0.39 is 6.17 Å². The van der Waals surface area contributed by atoms with Crippen LogP contribution < -0.4 is 5.32 Å². The molecule has 0 saturated heterocycles. The van der Waals surface area contributed by atoms with Crippen LogP contribution in [0.1, 0.15) is 49.2 Å². The Hall–Kier alpha value is -7.31. The Labute approximate surface area is 339 Å². The molecule has 0 spiro atoms. The van der Waals surface area contributed by atoms with Crippen molar-refractivity contribution in [2.24, 2.45) is 9.98 Å². The van der Waals surface area contributed by atoms with Gasteiger partial charge in [-0.25, -0.2) is 24.9 Å². The molecule has 1 aliphatic heterocycles. The Morgan fingerprint density at radius 2 is 0.810 bits per heavy atom. The first-order valence-corrected chi connectivity index (χ1v) is 19.6. The molecule has 7 aromatic carbocycles. The molecule has 1 N–H and O–H groups in total. The monoisotopic (exact) mass is 750 g/mol. The summed E-state index contributed by atoms with van der Waals surface area (Å²) in [4.78, 5) is 25.6. The lowest BCUT2D eigenvalue weighted by Gasteiger charge is -2.24. The molecule has 0 saturated carbocycles. The first-order chi connectivity index (χ1) is 28.4. The summed E-state index contributed by atoms with van der Waals surface area (Å²) < 4.78 is 0. The van der Waals surface area contributed by atoms with Crippen LogP contribution in [-0.2, 0) is 5.41 Å². The van der Waals surface area contributed by atoms with Gasteiger partial charge in [-0.2, -0.15) is 0 Å². The fraction of sp³-hybridized carbons (Fsp3) is 0.0962. The number of rotatable bonds is 8. The molecule has 8 aromatic rings. The number of aliphatic imine (C=N–C) groups is 2. The minimum atomic E-state index is -0.478. The molecule has 0 atom stereocenters. The van der Waals surface area contributed by atoms with Crippen molar-refractivity contribution in [1.82, 2.24) is 20.3 Å². The Morgan fingerprint density at radius 1 is 0.379 bits per heavy atom. The number of nitrogens with one attached hydrogen (secondary N) is 1. The van der Waals surface area contributed by atoms with Gasteiger partial charge >= 0.3 is 0 Å².